The first-order valence-corrected chi connectivity index (χ1v) is 13.9. The van der Waals surface area contributed by atoms with Gasteiger partial charge in [0.05, 0.1) is 42.0 Å². The number of para-hydroxylation sites is 1. The maximum Gasteiger partial charge on any atom is 0.232 e. The summed E-state index contributed by atoms with van der Waals surface area (Å²) in [4.78, 5) is 35.1. The van der Waals surface area contributed by atoms with Crippen LogP contribution in [0.4, 0.5) is 23.0 Å². The highest BCUT2D eigenvalue weighted by atomic mass is 16.5. The average molecular weight is 573 g/mol. The van der Waals surface area contributed by atoms with Crippen LogP contribution in [0.25, 0.3) is 11.4 Å². The number of piperazine rings is 1. The minimum atomic E-state index is -0.0454. The molecule has 0 saturated carbocycles. The molecule has 42 heavy (non-hydrogen) atoms. The summed E-state index contributed by atoms with van der Waals surface area (Å²) in [6.07, 6.45) is 6.69. The number of hydrogen-bond acceptors (Lipinski definition) is 12. The molecule has 1 aromatic carbocycles. The standard InChI is InChI=1S/C29H36N10O3/c1-5-24(40)21-16-30-25(35-26-17-32-27(18-31-26)42-14-13-39-11-9-37(2)10-12-39)15-23(21)34-22-8-6-7-20(28(22)41-4)29-33-19-38(3)36-29/h6-8,15-19H,5,9-14H2,1-4H3,(H2,30,31,34,35). The van der Waals surface area contributed by atoms with E-state index in [4.69, 9.17) is 9.47 Å². The first kappa shape index (κ1) is 28.9. The van der Waals surface area contributed by atoms with E-state index in [1.807, 2.05) is 25.1 Å². The van der Waals surface area contributed by atoms with Crippen LogP contribution < -0.4 is 20.1 Å². The molecule has 1 fully saturated rings. The monoisotopic (exact) mass is 572 g/mol. The number of anilines is 4. The third-order valence-electron chi connectivity index (χ3n) is 6.99. The smallest absolute Gasteiger partial charge is 0.232 e. The normalized spacial score (nSPS) is 14.0. The second-order valence-corrected chi connectivity index (χ2v) is 10.0. The number of aryl methyl sites for hydroxylation is 1. The van der Waals surface area contributed by atoms with Crippen LogP contribution in [0.2, 0.25) is 0 Å². The van der Waals surface area contributed by atoms with Crippen molar-refractivity contribution in [2.24, 2.45) is 7.05 Å². The van der Waals surface area contributed by atoms with Crippen LogP contribution in [0.3, 0.4) is 0 Å². The molecule has 0 spiro atoms. The Labute approximate surface area is 244 Å². The molecule has 0 radical (unpaired) electrons. The van der Waals surface area contributed by atoms with E-state index >= 15 is 0 Å². The zero-order valence-corrected chi connectivity index (χ0v) is 24.4. The van der Waals surface area contributed by atoms with E-state index in [-0.39, 0.29) is 5.78 Å². The number of nitrogens with one attached hydrogen (secondary N) is 2. The summed E-state index contributed by atoms with van der Waals surface area (Å²) in [5.74, 6) is 2.49. The van der Waals surface area contributed by atoms with Gasteiger partial charge in [0.2, 0.25) is 5.88 Å². The van der Waals surface area contributed by atoms with E-state index < -0.39 is 0 Å². The first-order valence-electron chi connectivity index (χ1n) is 13.9. The summed E-state index contributed by atoms with van der Waals surface area (Å²) < 4.78 is 13.2. The second kappa shape index (κ2) is 13.4. The highest BCUT2D eigenvalue weighted by molar-refractivity contribution is 6.02. The lowest BCUT2D eigenvalue weighted by atomic mass is 10.1. The summed E-state index contributed by atoms with van der Waals surface area (Å²) >= 11 is 0. The molecule has 13 nitrogen and oxygen atoms in total. The topological polar surface area (TPSA) is 135 Å². The number of methoxy groups -OCH3 is 1. The Hall–Kier alpha value is -4.62. The van der Waals surface area contributed by atoms with Crippen molar-refractivity contribution in [1.82, 2.24) is 39.5 Å². The van der Waals surface area contributed by atoms with Crippen LogP contribution in [-0.4, -0.2) is 98.8 Å². The van der Waals surface area contributed by atoms with E-state index in [0.29, 0.717) is 59.1 Å². The lowest BCUT2D eigenvalue weighted by Gasteiger charge is -2.32. The summed E-state index contributed by atoms with van der Waals surface area (Å²) in [6, 6.07) is 7.39. The molecule has 1 aliphatic rings. The van der Waals surface area contributed by atoms with Crippen LogP contribution in [0, 0.1) is 0 Å². The number of nitrogens with zero attached hydrogens (tertiary/aromatic N) is 8. The number of benzene rings is 1. The van der Waals surface area contributed by atoms with Crippen LogP contribution in [0.1, 0.15) is 23.7 Å². The number of ether oxygens (including phenoxy) is 2. The number of rotatable bonds is 12. The number of Topliss-reactive ketones (excluding diaryl/α,β-unsaturated/α-hetero) is 1. The highest BCUT2D eigenvalue weighted by Gasteiger charge is 2.18. The van der Waals surface area contributed by atoms with Gasteiger partial charge in [0, 0.05) is 58.5 Å². The minimum Gasteiger partial charge on any atom is -0.494 e. The van der Waals surface area contributed by atoms with Gasteiger partial charge in [-0.3, -0.25) is 14.4 Å². The molecular formula is C29H36N10O3. The van der Waals surface area contributed by atoms with Crippen molar-refractivity contribution in [3.05, 3.63) is 54.7 Å². The lowest BCUT2D eigenvalue weighted by Crippen LogP contribution is -2.45. The van der Waals surface area contributed by atoms with E-state index in [0.717, 1.165) is 38.3 Å². The number of carbonyl (C=O) groups excluding carboxylic acids is 1. The molecule has 0 bridgehead atoms. The molecule has 1 saturated heterocycles. The maximum absolute atomic E-state index is 12.8. The summed E-state index contributed by atoms with van der Waals surface area (Å²) in [5, 5.41) is 10.9. The van der Waals surface area contributed by atoms with Gasteiger partial charge in [0.1, 0.15) is 24.6 Å². The largest absolute Gasteiger partial charge is 0.494 e. The number of pyridine rings is 1. The van der Waals surface area contributed by atoms with Crippen LogP contribution in [0.5, 0.6) is 11.6 Å². The Morgan fingerprint density at radius 3 is 2.45 bits per heavy atom. The molecule has 4 heterocycles. The maximum atomic E-state index is 12.8. The number of carbonyl (C=O) groups is 1. The molecule has 0 amide bonds. The fraction of sp³-hybridized carbons (Fsp3) is 0.379. The van der Waals surface area contributed by atoms with E-state index in [1.165, 1.54) is 0 Å². The predicted molar refractivity (Wildman–Crippen MR) is 160 cm³/mol. The lowest BCUT2D eigenvalue weighted by molar-refractivity contribution is 0.0988. The van der Waals surface area contributed by atoms with E-state index in [2.05, 4.69) is 52.5 Å². The SMILES string of the molecule is CCC(=O)c1cnc(Nc2cnc(OCCN3CCN(C)CC3)cn2)cc1Nc1cccc(-c2ncn(C)n2)c1OC. The summed E-state index contributed by atoms with van der Waals surface area (Å²) in [5.41, 5.74) is 2.41. The fourth-order valence-electron chi connectivity index (χ4n) is 4.62. The number of likely N-dealkylation sites (N-methyl/N-ethyl adjacent to an activating group) is 1. The fourth-order valence-corrected chi connectivity index (χ4v) is 4.62. The van der Waals surface area contributed by atoms with Crippen molar-refractivity contribution < 1.29 is 14.3 Å². The van der Waals surface area contributed by atoms with E-state index in [1.54, 1.807) is 49.8 Å². The Morgan fingerprint density at radius 1 is 0.952 bits per heavy atom. The predicted octanol–water partition coefficient (Wildman–Crippen LogP) is 3.38. The van der Waals surface area contributed by atoms with Gasteiger partial charge in [-0.1, -0.05) is 13.0 Å². The van der Waals surface area contributed by atoms with Gasteiger partial charge in [-0.15, -0.1) is 0 Å². The van der Waals surface area contributed by atoms with Gasteiger partial charge < -0.3 is 25.0 Å². The zero-order valence-electron chi connectivity index (χ0n) is 24.4. The molecule has 5 rings (SSSR count). The molecule has 1 aliphatic heterocycles. The average Bonchev–Trinajstić information content (AvgIpc) is 3.44. The number of ketones is 1. The van der Waals surface area contributed by atoms with Gasteiger partial charge in [-0.05, 0) is 19.2 Å². The van der Waals surface area contributed by atoms with E-state index in [9.17, 15) is 4.79 Å². The molecule has 0 unspecified atom stereocenters. The summed E-state index contributed by atoms with van der Waals surface area (Å²) in [7, 11) is 5.53. The Bertz CT molecular complexity index is 1500. The second-order valence-electron chi connectivity index (χ2n) is 10.0. The van der Waals surface area contributed by atoms with Crippen LogP contribution in [-0.2, 0) is 7.05 Å². The Balaban J connectivity index is 1.30. The third-order valence-corrected chi connectivity index (χ3v) is 6.99. The molecule has 0 atom stereocenters. The molecular weight excluding hydrogens is 536 g/mol. The van der Waals surface area contributed by atoms with Crippen molar-refractivity contribution in [1.29, 1.82) is 0 Å². The van der Waals surface area contributed by atoms with Gasteiger partial charge in [0.25, 0.3) is 0 Å². The molecule has 220 valence electrons. The quantitative estimate of drug-likeness (QED) is 0.241. The Kier molecular flexibility index (Phi) is 9.19. The van der Waals surface area contributed by atoms with Gasteiger partial charge in [-0.2, -0.15) is 5.10 Å². The van der Waals surface area contributed by atoms with Crippen molar-refractivity contribution in [3.8, 4) is 23.0 Å². The van der Waals surface area contributed by atoms with Crippen molar-refractivity contribution in [2.75, 3.05) is 64.1 Å². The highest BCUT2D eigenvalue weighted by Crippen LogP contribution is 2.37. The van der Waals surface area contributed by atoms with Gasteiger partial charge in [-0.25, -0.2) is 19.9 Å². The van der Waals surface area contributed by atoms with Crippen LogP contribution >= 0.6 is 0 Å². The van der Waals surface area contributed by atoms with Crippen molar-refractivity contribution >= 4 is 28.8 Å². The van der Waals surface area contributed by atoms with Crippen molar-refractivity contribution in [3.63, 3.8) is 0 Å². The molecule has 0 aliphatic carbocycles. The van der Waals surface area contributed by atoms with Gasteiger partial charge >= 0.3 is 0 Å². The number of aromatic nitrogens is 6. The van der Waals surface area contributed by atoms with Crippen LogP contribution in [0.15, 0.2) is 49.2 Å². The summed E-state index contributed by atoms with van der Waals surface area (Å²) in [6.45, 7) is 7.45. The zero-order chi connectivity index (χ0) is 29.5. The van der Waals surface area contributed by atoms with Gasteiger partial charge in [0.15, 0.2) is 17.4 Å². The number of hydrogen-bond donors (Lipinski definition) is 2. The Morgan fingerprint density at radius 2 is 1.76 bits per heavy atom. The molecule has 2 N–H and O–H groups in total. The molecule has 3 aromatic heterocycles. The molecule has 4 aromatic rings. The third kappa shape index (κ3) is 6.98. The minimum absolute atomic E-state index is 0.0454. The molecule has 13 heteroatoms. The first-order chi connectivity index (χ1) is 20.4. The van der Waals surface area contributed by atoms with Crippen molar-refractivity contribution in [2.45, 2.75) is 13.3 Å².